The van der Waals surface area contributed by atoms with Crippen LogP contribution in [0.15, 0.2) is 53.5 Å². The molecule has 2 aromatic carbocycles. The molecule has 5 nitrogen and oxygen atoms in total. The van der Waals surface area contributed by atoms with Gasteiger partial charge in [0.05, 0.1) is 16.7 Å². The Hall–Kier alpha value is -2.69. The van der Waals surface area contributed by atoms with Gasteiger partial charge in [0.15, 0.2) is 0 Å². The lowest BCUT2D eigenvalue weighted by Gasteiger charge is -2.37. The zero-order chi connectivity index (χ0) is 16.4. The van der Waals surface area contributed by atoms with E-state index < -0.39 is 4.92 Å². The van der Waals surface area contributed by atoms with Crippen LogP contribution >= 0.6 is 0 Å². The summed E-state index contributed by atoms with van der Waals surface area (Å²) in [6, 6.07) is 15.1. The third kappa shape index (κ3) is 2.95. The highest BCUT2D eigenvalue weighted by atomic mass is 16.6. The lowest BCUT2D eigenvalue weighted by Crippen LogP contribution is -2.38. The molecular formula is C18H19N3O2. The largest absolute Gasteiger partial charge is 0.353 e. The standard InChI is InChI=1S/C18H19N3O2/c1-3-20-13(2)17-7-5-4-6-14(17)12-18(20)19-15-8-10-16(11-9-15)21(22)23/h4-11,13H,3,12H2,1-2H3. The van der Waals surface area contributed by atoms with Gasteiger partial charge in [0, 0.05) is 25.1 Å². The van der Waals surface area contributed by atoms with Gasteiger partial charge < -0.3 is 4.90 Å². The van der Waals surface area contributed by atoms with Crippen molar-refractivity contribution >= 4 is 17.2 Å². The molecule has 0 N–H and O–H groups in total. The van der Waals surface area contributed by atoms with Crippen LogP contribution in [-0.2, 0) is 6.42 Å². The summed E-state index contributed by atoms with van der Waals surface area (Å²) in [6.45, 7) is 5.18. The molecule has 0 spiro atoms. The summed E-state index contributed by atoms with van der Waals surface area (Å²) in [5.41, 5.74) is 3.47. The van der Waals surface area contributed by atoms with Gasteiger partial charge in [-0.3, -0.25) is 10.1 Å². The van der Waals surface area contributed by atoms with Crippen LogP contribution in [0.4, 0.5) is 11.4 Å². The Labute approximate surface area is 135 Å². The monoisotopic (exact) mass is 309 g/mol. The van der Waals surface area contributed by atoms with E-state index in [0.717, 1.165) is 24.5 Å². The minimum atomic E-state index is -0.395. The molecule has 0 saturated heterocycles. The van der Waals surface area contributed by atoms with Gasteiger partial charge in [-0.05, 0) is 37.1 Å². The molecule has 2 aromatic rings. The summed E-state index contributed by atoms with van der Waals surface area (Å²) in [6.07, 6.45) is 0.783. The zero-order valence-electron chi connectivity index (χ0n) is 13.3. The fourth-order valence-corrected chi connectivity index (χ4v) is 3.12. The van der Waals surface area contributed by atoms with Crippen LogP contribution in [-0.4, -0.2) is 22.2 Å². The highest BCUT2D eigenvalue weighted by Gasteiger charge is 2.26. The van der Waals surface area contributed by atoms with Crippen LogP contribution in [0.1, 0.15) is 31.0 Å². The molecule has 0 fully saturated rings. The van der Waals surface area contributed by atoms with E-state index in [2.05, 4.69) is 43.0 Å². The van der Waals surface area contributed by atoms with Gasteiger partial charge >= 0.3 is 0 Å². The predicted octanol–water partition coefficient (Wildman–Crippen LogP) is 4.26. The van der Waals surface area contributed by atoms with E-state index in [1.165, 1.54) is 23.3 Å². The van der Waals surface area contributed by atoms with E-state index in [9.17, 15) is 10.1 Å². The van der Waals surface area contributed by atoms with Crippen molar-refractivity contribution in [2.75, 3.05) is 6.54 Å². The molecule has 0 aliphatic carbocycles. The maximum Gasteiger partial charge on any atom is 0.269 e. The molecule has 1 atom stereocenters. The van der Waals surface area contributed by atoms with Crippen molar-refractivity contribution in [1.82, 2.24) is 4.90 Å². The Bertz CT molecular complexity index is 753. The van der Waals surface area contributed by atoms with E-state index in [-0.39, 0.29) is 11.7 Å². The van der Waals surface area contributed by atoms with Crippen molar-refractivity contribution in [1.29, 1.82) is 0 Å². The maximum absolute atomic E-state index is 10.7. The second-order valence-electron chi connectivity index (χ2n) is 5.64. The third-order valence-electron chi connectivity index (χ3n) is 4.31. The van der Waals surface area contributed by atoms with Gasteiger partial charge in [0.25, 0.3) is 5.69 Å². The second-order valence-corrected chi connectivity index (χ2v) is 5.64. The Morgan fingerprint density at radius 1 is 1.22 bits per heavy atom. The minimum Gasteiger partial charge on any atom is -0.353 e. The van der Waals surface area contributed by atoms with Crippen molar-refractivity contribution < 1.29 is 4.92 Å². The zero-order valence-corrected chi connectivity index (χ0v) is 13.3. The Morgan fingerprint density at radius 3 is 2.57 bits per heavy atom. The Balaban J connectivity index is 1.96. The van der Waals surface area contributed by atoms with E-state index in [1.807, 2.05) is 0 Å². The first-order valence-electron chi connectivity index (χ1n) is 7.76. The maximum atomic E-state index is 10.7. The number of nitrogens with zero attached hydrogens (tertiary/aromatic N) is 3. The summed E-state index contributed by atoms with van der Waals surface area (Å²) >= 11 is 0. The number of nitro benzene ring substituents is 1. The molecule has 5 heteroatoms. The van der Waals surface area contributed by atoms with E-state index >= 15 is 0 Å². The molecular weight excluding hydrogens is 290 g/mol. The molecule has 1 unspecified atom stereocenters. The van der Waals surface area contributed by atoms with Gasteiger partial charge in [0.2, 0.25) is 0 Å². The van der Waals surface area contributed by atoms with Crippen LogP contribution in [0, 0.1) is 10.1 Å². The van der Waals surface area contributed by atoms with Crippen molar-refractivity contribution in [2.24, 2.45) is 4.99 Å². The normalized spacial score (nSPS) is 18.8. The molecule has 0 bridgehead atoms. The smallest absolute Gasteiger partial charge is 0.269 e. The minimum absolute atomic E-state index is 0.0867. The molecule has 3 rings (SSSR count). The van der Waals surface area contributed by atoms with Gasteiger partial charge in [-0.15, -0.1) is 0 Å². The molecule has 0 amide bonds. The molecule has 0 radical (unpaired) electrons. The fraction of sp³-hybridized carbons (Fsp3) is 0.278. The lowest BCUT2D eigenvalue weighted by atomic mass is 9.93. The van der Waals surface area contributed by atoms with Crippen LogP contribution < -0.4 is 0 Å². The number of fused-ring (bicyclic) bond motifs is 1. The van der Waals surface area contributed by atoms with Crippen molar-refractivity contribution in [2.45, 2.75) is 26.3 Å². The first kappa shape index (κ1) is 15.2. The van der Waals surface area contributed by atoms with E-state index in [4.69, 9.17) is 4.99 Å². The average molecular weight is 309 g/mol. The topological polar surface area (TPSA) is 58.7 Å². The van der Waals surface area contributed by atoms with Gasteiger partial charge in [-0.2, -0.15) is 0 Å². The molecule has 1 aliphatic heterocycles. The number of likely N-dealkylation sites (N-methyl/N-ethyl adjacent to an activating group) is 1. The van der Waals surface area contributed by atoms with Gasteiger partial charge in [-0.25, -0.2) is 4.99 Å². The van der Waals surface area contributed by atoms with Crippen molar-refractivity contribution in [3.8, 4) is 0 Å². The van der Waals surface area contributed by atoms with Gasteiger partial charge in [-0.1, -0.05) is 24.3 Å². The number of aliphatic imine (C=N–C) groups is 1. The first-order valence-corrected chi connectivity index (χ1v) is 7.76. The summed E-state index contributed by atoms with van der Waals surface area (Å²) in [7, 11) is 0. The summed E-state index contributed by atoms with van der Waals surface area (Å²) < 4.78 is 0. The number of nitro groups is 1. The van der Waals surface area contributed by atoms with E-state index in [0.29, 0.717) is 0 Å². The van der Waals surface area contributed by atoms with Gasteiger partial charge in [0.1, 0.15) is 5.84 Å². The first-order chi connectivity index (χ1) is 11.1. The average Bonchev–Trinajstić information content (AvgIpc) is 2.56. The van der Waals surface area contributed by atoms with Crippen LogP contribution in [0.2, 0.25) is 0 Å². The summed E-state index contributed by atoms with van der Waals surface area (Å²) in [5.74, 6) is 1.01. The number of non-ortho nitro benzene ring substituents is 1. The van der Waals surface area contributed by atoms with Crippen molar-refractivity contribution in [3.05, 3.63) is 69.8 Å². The number of hydrogen-bond donors (Lipinski definition) is 0. The third-order valence-corrected chi connectivity index (χ3v) is 4.31. The molecule has 0 aromatic heterocycles. The predicted molar refractivity (Wildman–Crippen MR) is 91.1 cm³/mol. The van der Waals surface area contributed by atoms with Crippen LogP contribution in [0.25, 0.3) is 0 Å². The van der Waals surface area contributed by atoms with Crippen molar-refractivity contribution in [3.63, 3.8) is 0 Å². The molecule has 118 valence electrons. The van der Waals surface area contributed by atoms with E-state index in [1.54, 1.807) is 12.1 Å². The number of rotatable bonds is 3. The quantitative estimate of drug-likeness (QED) is 0.628. The molecule has 1 aliphatic rings. The highest BCUT2D eigenvalue weighted by Crippen LogP contribution is 2.31. The second kappa shape index (κ2) is 6.20. The van der Waals surface area contributed by atoms with Crippen LogP contribution in [0.3, 0.4) is 0 Å². The SMILES string of the molecule is CCN1C(=Nc2ccc([N+](=O)[O-])cc2)Cc2ccccc2C1C. The van der Waals surface area contributed by atoms with Crippen LogP contribution in [0.5, 0.6) is 0 Å². The Morgan fingerprint density at radius 2 is 1.91 bits per heavy atom. The molecule has 0 saturated carbocycles. The number of hydrogen-bond acceptors (Lipinski definition) is 3. The highest BCUT2D eigenvalue weighted by molar-refractivity contribution is 5.89. The number of benzene rings is 2. The number of amidine groups is 1. The lowest BCUT2D eigenvalue weighted by molar-refractivity contribution is -0.384. The molecule has 1 heterocycles. The Kier molecular flexibility index (Phi) is 4.10. The molecule has 23 heavy (non-hydrogen) atoms. The fourth-order valence-electron chi connectivity index (χ4n) is 3.12. The summed E-state index contributed by atoms with van der Waals surface area (Å²) in [4.78, 5) is 17.4. The summed E-state index contributed by atoms with van der Waals surface area (Å²) in [5, 5.41) is 10.7.